The van der Waals surface area contributed by atoms with Crippen LogP contribution in [0.1, 0.15) is 34.0 Å². The molecule has 0 spiro atoms. The number of esters is 1. The van der Waals surface area contributed by atoms with Crippen LogP contribution in [0.4, 0.5) is 5.82 Å². The van der Waals surface area contributed by atoms with Crippen molar-refractivity contribution < 1.29 is 23.7 Å². The Morgan fingerprint density at radius 2 is 1.38 bits per heavy atom. The normalized spacial score (nSPS) is 10.8. The maximum absolute atomic E-state index is 13.9. The van der Waals surface area contributed by atoms with Crippen molar-refractivity contribution in [3.63, 3.8) is 0 Å². The van der Waals surface area contributed by atoms with Crippen molar-refractivity contribution in [3.8, 4) is 17.2 Å². The Bertz CT molecular complexity index is 1520. The summed E-state index contributed by atoms with van der Waals surface area (Å²) in [4.78, 5) is 33.5. The fourth-order valence-corrected chi connectivity index (χ4v) is 5.10. The maximum Gasteiger partial charge on any atom is 0.347 e. The summed E-state index contributed by atoms with van der Waals surface area (Å²) in [6.07, 6.45) is 1.31. The molecular formula is C31H31Cl2N3O6. The number of ether oxygens (including phenoxy) is 4. The van der Waals surface area contributed by atoms with Crippen molar-refractivity contribution >= 4 is 35.0 Å². The van der Waals surface area contributed by atoms with E-state index in [4.69, 9.17) is 42.1 Å². The highest BCUT2D eigenvalue weighted by atomic mass is 35.5. The zero-order valence-corrected chi connectivity index (χ0v) is 25.2. The number of aromatic nitrogens is 2. The van der Waals surface area contributed by atoms with Crippen LogP contribution in [0.5, 0.6) is 11.5 Å². The van der Waals surface area contributed by atoms with Crippen LogP contribution in [0.15, 0.2) is 71.8 Å². The standard InChI is InChI=1S/C31H31Cl2N3O6/c1-5-42-18-22-14-25(32)28(26(33)15-22)36-19-34-29(27(30(36)37)31(38)41-4)35(16-20-6-10-23(39-2)11-7-20)17-21-8-12-24(40-3)13-9-21/h6-15,19H,5,16-18H2,1-4H3. The summed E-state index contributed by atoms with van der Waals surface area (Å²) in [6.45, 7) is 3.36. The molecule has 0 radical (unpaired) electrons. The van der Waals surface area contributed by atoms with Gasteiger partial charge < -0.3 is 23.8 Å². The number of hydrogen-bond donors (Lipinski definition) is 0. The zero-order chi connectivity index (χ0) is 30.2. The fourth-order valence-electron chi connectivity index (χ4n) is 4.38. The van der Waals surface area contributed by atoms with Crippen LogP contribution in [0.2, 0.25) is 10.0 Å². The van der Waals surface area contributed by atoms with Crippen LogP contribution in [-0.4, -0.2) is 43.5 Å². The quantitative estimate of drug-likeness (QED) is 0.178. The Morgan fingerprint density at radius 1 is 0.857 bits per heavy atom. The Labute approximate surface area is 254 Å². The second-order valence-corrected chi connectivity index (χ2v) is 10.0. The molecule has 0 aliphatic carbocycles. The van der Waals surface area contributed by atoms with Gasteiger partial charge in [-0.3, -0.25) is 9.36 Å². The molecule has 1 heterocycles. The Hall–Kier alpha value is -4.05. The van der Waals surface area contributed by atoms with Gasteiger partial charge in [-0.15, -0.1) is 0 Å². The van der Waals surface area contributed by atoms with Gasteiger partial charge in [-0.05, 0) is 60.0 Å². The molecule has 9 nitrogen and oxygen atoms in total. The topological polar surface area (TPSA) is 92.1 Å². The van der Waals surface area contributed by atoms with Crippen molar-refractivity contribution in [1.82, 2.24) is 9.55 Å². The molecule has 11 heteroatoms. The van der Waals surface area contributed by atoms with E-state index in [1.54, 1.807) is 26.4 Å². The molecule has 1 aromatic heterocycles. The van der Waals surface area contributed by atoms with Crippen LogP contribution in [0.25, 0.3) is 5.69 Å². The van der Waals surface area contributed by atoms with Gasteiger partial charge >= 0.3 is 5.97 Å². The number of rotatable bonds is 12. The van der Waals surface area contributed by atoms with E-state index in [1.165, 1.54) is 13.4 Å². The average Bonchev–Trinajstić information content (AvgIpc) is 3.00. The summed E-state index contributed by atoms with van der Waals surface area (Å²) >= 11 is 13.2. The van der Waals surface area contributed by atoms with E-state index in [1.807, 2.05) is 60.4 Å². The van der Waals surface area contributed by atoms with Gasteiger partial charge in [0.2, 0.25) is 0 Å². The van der Waals surface area contributed by atoms with E-state index in [0.717, 1.165) is 21.3 Å². The number of carbonyl (C=O) groups is 1. The Kier molecular flexibility index (Phi) is 10.5. The Morgan fingerprint density at radius 3 is 1.83 bits per heavy atom. The first-order valence-corrected chi connectivity index (χ1v) is 13.8. The highest BCUT2D eigenvalue weighted by molar-refractivity contribution is 6.37. The largest absolute Gasteiger partial charge is 0.497 e. The molecule has 0 aliphatic rings. The van der Waals surface area contributed by atoms with E-state index in [9.17, 15) is 9.59 Å². The molecule has 4 rings (SSSR count). The fraction of sp³-hybridized carbons (Fsp3) is 0.258. The van der Waals surface area contributed by atoms with Crippen molar-refractivity contribution in [3.05, 3.63) is 110 Å². The first kappa shape index (κ1) is 30.9. The molecular weight excluding hydrogens is 581 g/mol. The second kappa shape index (κ2) is 14.2. The van der Waals surface area contributed by atoms with E-state index in [0.29, 0.717) is 37.8 Å². The minimum atomic E-state index is -0.841. The summed E-state index contributed by atoms with van der Waals surface area (Å²) in [6, 6.07) is 18.3. The summed E-state index contributed by atoms with van der Waals surface area (Å²) in [5.41, 5.74) is 1.82. The maximum atomic E-state index is 13.9. The third-order valence-corrected chi connectivity index (χ3v) is 7.07. The number of benzene rings is 3. The van der Waals surface area contributed by atoms with E-state index in [2.05, 4.69) is 4.98 Å². The number of nitrogens with zero attached hydrogens (tertiary/aromatic N) is 3. The van der Waals surface area contributed by atoms with Gasteiger partial charge in [-0.1, -0.05) is 47.5 Å². The second-order valence-electron chi connectivity index (χ2n) is 9.21. The van der Waals surface area contributed by atoms with Crippen LogP contribution in [0.3, 0.4) is 0 Å². The number of hydrogen-bond acceptors (Lipinski definition) is 8. The summed E-state index contributed by atoms with van der Waals surface area (Å²) < 4.78 is 22.2. The third-order valence-electron chi connectivity index (χ3n) is 6.50. The summed E-state index contributed by atoms with van der Waals surface area (Å²) in [5.74, 6) is 0.719. The zero-order valence-electron chi connectivity index (χ0n) is 23.7. The molecule has 0 N–H and O–H groups in total. The van der Waals surface area contributed by atoms with Gasteiger partial charge in [0.25, 0.3) is 5.56 Å². The monoisotopic (exact) mass is 611 g/mol. The molecule has 42 heavy (non-hydrogen) atoms. The predicted molar refractivity (Wildman–Crippen MR) is 162 cm³/mol. The molecule has 3 aromatic carbocycles. The molecule has 220 valence electrons. The third kappa shape index (κ3) is 7.05. The lowest BCUT2D eigenvalue weighted by molar-refractivity contribution is 0.0598. The van der Waals surface area contributed by atoms with Crippen molar-refractivity contribution in [1.29, 1.82) is 0 Å². The van der Waals surface area contributed by atoms with Crippen LogP contribution < -0.4 is 19.9 Å². The number of methoxy groups -OCH3 is 3. The van der Waals surface area contributed by atoms with E-state index in [-0.39, 0.29) is 27.1 Å². The van der Waals surface area contributed by atoms with Crippen molar-refractivity contribution in [2.75, 3.05) is 32.8 Å². The van der Waals surface area contributed by atoms with Gasteiger partial charge in [-0.25, -0.2) is 9.78 Å². The number of carbonyl (C=O) groups excluding carboxylic acids is 1. The molecule has 0 bridgehead atoms. The average molecular weight is 613 g/mol. The van der Waals surface area contributed by atoms with Crippen LogP contribution in [-0.2, 0) is 29.2 Å². The smallest absolute Gasteiger partial charge is 0.347 e. The lowest BCUT2D eigenvalue weighted by Crippen LogP contribution is -2.33. The minimum absolute atomic E-state index is 0.148. The van der Waals surface area contributed by atoms with Gasteiger partial charge in [0, 0.05) is 19.7 Å². The number of halogens is 2. The van der Waals surface area contributed by atoms with Gasteiger partial charge in [0.05, 0.1) is 43.7 Å². The molecule has 0 saturated carbocycles. The summed E-state index contributed by atoms with van der Waals surface area (Å²) in [5, 5.41) is 0.413. The molecule has 0 aliphatic heterocycles. The van der Waals surface area contributed by atoms with Gasteiger partial charge in [-0.2, -0.15) is 0 Å². The molecule has 0 unspecified atom stereocenters. The molecule has 4 aromatic rings. The lowest BCUT2D eigenvalue weighted by Gasteiger charge is -2.26. The van der Waals surface area contributed by atoms with E-state index < -0.39 is 11.5 Å². The Balaban J connectivity index is 1.83. The van der Waals surface area contributed by atoms with Crippen molar-refractivity contribution in [2.24, 2.45) is 0 Å². The summed E-state index contributed by atoms with van der Waals surface area (Å²) in [7, 11) is 4.40. The highest BCUT2D eigenvalue weighted by Gasteiger charge is 2.26. The number of anilines is 1. The first-order valence-electron chi connectivity index (χ1n) is 13.1. The van der Waals surface area contributed by atoms with Crippen molar-refractivity contribution in [2.45, 2.75) is 26.6 Å². The molecule has 0 saturated heterocycles. The first-order chi connectivity index (χ1) is 20.3. The highest BCUT2D eigenvalue weighted by Crippen LogP contribution is 2.31. The van der Waals surface area contributed by atoms with E-state index >= 15 is 0 Å². The van der Waals surface area contributed by atoms with Gasteiger partial charge in [0.1, 0.15) is 17.8 Å². The van der Waals surface area contributed by atoms with Gasteiger partial charge in [0.15, 0.2) is 11.4 Å². The lowest BCUT2D eigenvalue weighted by atomic mass is 10.1. The van der Waals surface area contributed by atoms with Crippen LogP contribution >= 0.6 is 23.2 Å². The molecule has 0 fully saturated rings. The predicted octanol–water partition coefficient (Wildman–Crippen LogP) is 6.09. The molecule has 0 atom stereocenters. The SMILES string of the molecule is CCOCc1cc(Cl)c(-n2cnc(N(Cc3ccc(OC)cc3)Cc3ccc(OC)cc3)c(C(=O)OC)c2=O)c(Cl)c1. The minimum Gasteiger partial charge on any atom is -0.497 e. The molecule has 0 amide bonds. The van der Waals surface area contributed by atoms with Crippen LogP contribution in [0, 0.1) is 0 Å².